The molecule has 0 N–H and O–H groups in total. The zero-order chi connectivity index (χ0) is 10.4. The van der Waals surface area contributed by atoms with Gasteiger partial charge in [-0.3, -0.25) is 0 Å². The van der Waals surface area contributed by atoms with Crippen LogP contribution in [0.25, 0.3) is 0 Å². The molecule has 0 aromatic rings. The lowest BCUT2D eigenvalue weighted by molar-refractivity contribution is 0.599. The van der Waals surface area contributed by atoms with Gasteiger partial charge in [-0.05, 0) is 31.7 Å². The van der Waals surface area contributed by atoms with Crippen molar-refractivity contribution in [2.24, 2.45) is 0 Å². The van der Waals surface area contributed by atoms with Crippen molar-refractivity contribution in [2.75, 3.05) is 0 Å². The lowest BCUT2D eigenvalue weighted by Gasteiger charge is -2.13. The van der Waals surface area contributed by atoms with Crippen LogP contribution in [-0.2, 0) is 0 Å². The average Bonchev–Trinajstić information content (AvgIpc) is 2.13. The van der Waals surface area contributed by atoms with Gasteiger partial charge in [0.05, 0.1) is 0 Å². The number of allylic oxidation sites excluding steroid dienone is 4. The predicted octanol–water partition coefficient (Wildman–Crippen LogP) is 4.77. The van der Waals surface area contributed by atoms with Crippen LogP contribution in [0.15, 0.2) is 23.8 Å². The maximum absolute atomic E-state index is 2.42. The molecule has 0 bridgehead atoms. The standard InChI is InChI=1S/C13H24Si/c1-14(2,3)12-8-7-11-13-9-5-4-6-10-13/h7-8,11H,4-6,9-10,12H2,1-3H3/b8-7+. The molecule has 0 atom stereocenters. The highest BCUT2D eigenvalue weighted by Crippen LogP contribution is 2.22. The van der Waals surface area contributed by atoms with Crippen LogP contribution in [0.1, 0.15) is 32.1 Å². The molecule has 0 saturated heterocycles. The van der Waals surface area contributed by atoms with Crippen LogP contribution >= 0.6 is 0 Å². The van der Waals surface area contributed by atoms with E-state index in [9.17, 15) is 0 Å². The lowest BCUT2D eigenvalue weighted by Crippen LogP contribution is -2.17. The van der Waals surface area contributed by atoms with Gasteiger partial charge in [0.1, 0.15) is 0 Å². The Morgan fingerprint density at radius 3 is 2.29 bits per heavy atom. The lowest BCUT2D eigenvalue weighted by atomic mass is 9.95. The topological polar surface area (TPSA) is 0 Å². The zero-order valence-electron chi connectivity index (χ0n) is 9.97. The largest absolute Gasteiger partial charge is 0.0872 e. The summed E-state index contributed by atoms with van der Waals surface area (Å²) in [5.74, 6) is 0. The smallest absolute Gasteiger partial charge is 0.0480 e. The second-order valence-corrected chi connectivity index (χ2v) is 11.1. The Kier molecular flexibility index (Phi) is 4.66. The third-order valence-electron chi connectivity index (χ3n) is 2.69. The van der Waals surface area contributed by atoms with E-state index >= 15 is 0 Å². The minimum absolute atomic E-state index is 0.860. The van der Waals surface area contributed by atoms with Gasteiger partial charge in [0.2, 0.25) is 0 Å². The van der Waals surface area contributed by atoms with Gasteiger partial charge in [-0.2, -0.15) is 0 Å². The summed E-state index contributed by atoms with van der Waals surface area (Å²) < 4.78 is 0. The number of hydrogen-bond donors (Lipinski definition) is 0. The van der Waals surface area contributed by atoms with Crippen LogP contribution in [0.4, 0.5) is 0 Å². The molecule has 0 aromatic carbocycles. The first kappa shape index (κ1) is 11.8. The fraction of sp³-hybridized carbons (Fsp3) is 0.692. The van der Waals surface area contributed by atoms with Crippen molar-refractivity contribution in [3.05, 3.63) is 23.8 Å². The number of hydrogen-bond acceptors (Lipinski definition) is 0. The summed E-state index contributed by atoms with van der Waals surface area (Å²) in [7, 11) is -0.860. The molecule has 0 radical (unpaired) electrons. The first-order valence-electron chi connectivity index (χ1n) is 5.92. The monoisotopic (exact) mass is 208 g/mol. The molecule has 0 nitrogen and oxygen atoms in total. The summed E-state index contributed by atoms with van der Waals surface area (Å²) in [6, 6.07) is 1.32. The minimum atomic E-state index is -0.860. The highest BCUT2D eigenvalue weighted by Gasteiger charge is 2.09. The van der Waals surface area contributed by atoms with Crippen LogP contribution in [0.3, 0.4) is 0 Å². The Hall–Kier alpha value is -0.303. The van der Waals surface area contributed by atoms with E-state index in [-0.39, 0.29) is 0 Å². The fourth-order valence-corrected chi connectivity index (χ4v) is 2.64. The van der Waals surface area contributed by atoms with Crippen LogP contribution < -0.4 is 0 Å². The van der Waals surface area contributed by atoms with E-state index in [0.29, 0.717) is 0 Å². The predicted molar refractivity (Wildman–Crippen MR) is 68.5 cm³/mol. The molecule has 80 valence electrons. The summed E-state index contributed by atoms with van der Waals surface area (Å²) in [6.45, 7) is 7.27. The van der Waals surface area contributed by atoms with E-state index in [1.54, 1.807) is 5.57 Å². The molecule has 1 aliphatic carbocycles. The highest BCUT2D eigenvalue weighted by molar-refractivity contribution is 6.76. The minimum Gasteiger partial charge on any atom is -0.0872 e. The van der Waals surface area contributed by atoms with Crippen LogP contribution in [0.2, 0.25) is 25.7 Å². The molecule has 1 aliphatic rings. The maximum atomic E-state index is 2.42. The van der Waals surface area contributed by atoms with E-state index in [1.165, 1.54) is 38.1 Å². The number of rotatable bonds is 3. The fourth-order valence-electron chi connectivity index (χ4n) is 1.80. The Bertz CT molecular complexity index is 210. The molecule has 0 spiro atoms. The third kappa shape index (κ3) is 5.43. The van der Waals surface area contributed by atoms with Gasteiger partial charge in [0.25, 0.3) is 0 Å². The van der Waals surface area contributed by atoms with Crippen molar-refractivity contribution in [3.8, 4) is 0 Å². The molecule has 0 amide bonds. The Balaban J connectivity index is 2.30. The highest BCUT2D eigenvalue weighted by atomic mass is 28.3. The second kappa shape index (κ2) is 5.55. The Morgan fingerprint density at radius 2 is 1.71 bits per heavy atom. The van der Waals surface area contributed by atoms with Gasteiger partial charge in [-0.15, -0.1) is 0 Å². The van der Waals surface area contributed by atoms with Crippen LogP contribution in [-0.4, -0.2) is 8.07 Å². The zero-order valence-corrected chi connectivity index (χ0v) is 11.0. The second-order valence-electron chi connectivity index (χ2n) is 5.58. The molecule has 14 heavy (non-hydrogen) atoms. The third-order valence-corrected chi connectivity index (χ3v) is 4.15. The first-order valence-corrected chi connectivity index (χ1v) is 9.63. The van der Waals surface area contributed by atoms with Crippen molar-refractivity contribution < 1.29 is 0 Å². The van der Waals surface area contributed by atoms with Crippen LogP contribution in [0, 0.1) is 0 Å². The molecule has 0 heterocycles. The average molecular weight is 208 g/mol. The first-order chi connectivity index (χ1) is 6.58. The van der Waals surface area contributed by atoms with Crippen molar-refractivity contribution in [3.63, 3.8) is 0 Å². The van der Waals surface area contributed by atoms with Gasteiger partial charge >= 0.3 is 0 Å². The summed E-state index contributed by atoms with van der Waals surface area (Å²) >= 11 is 0. The quantitative estimate of drug-likeness (QED) is 0.586. The van der Waals surface area contributed by atoms with Crippen molar-refractivity contribution in [1.29, 1.82) is 0 Å². The summed E-state index contributed by atoms with van der Waals surface area (Å²) in [4.78, 5) is 0. The molecule has 0 unspecified atom stereocenters. The van der Waals surface area contributed by atoms with Gasteiger partial charge in [0.15, 0.2) is 0 Å². The molecule has 1 saturated carbocycles. The van der Waals surface area contributed by atoms with Gasteiger partial charge in [0, 0.05) is 8.07 Å². The van der Waals surface area contributed by atoms with E-state index in [1.807, 2.05) is 0 Å². The SMILES string of the molecule is C[Si](C)(C)C/C=C/C=C1CCCCC1. The van der Waals surface area contributed by atoms with E-state index in [4.69, 9.17) is 0 Å². The van der Waals surface area contributed by atoms with Gasteiger partial charge in [-0.25, -0.2) is 0 Å². The maximum Gasteiger partial charge on any atom is 0.0480 e. The van der Waals surface area contributed by atoms with Crippen molar-refractivity contribution in [1.82, 2.24) is 0 Å². The molecule has 0 aromatic heterocycles. The van der Waals surface area contributed by atoms with Crippen LogP contribution in [0.5, 0.6) is 0 Å². The van der Waals surface area contributed by atoms with E-state index in [0.717, 1.165) is 0 Å². The molecular weight excluding hydrogens is 184 g/mol. The van der Waals surface area contributed by atoms with Gasteiger partial charge in [-0.1, -0.05) is 49.9 Å². The Morgan fingerprint density at radius 1 is 1.07 bits per heavy atom. The van der Waals surface area contributed by atoms with Gasteiger partial charge < -0.3 is 0 Å². The Labute approximate surface area is 90.1 Å². The van der Waals surface area contributed by atoms with E-state index in [2.05, 4.69) is 37.9 Å². The van der Waals surface area contributed by atoms with E-state index < -0.39 is 8.07 Å². The summed E-state index contributed by atoms with van der Waals surface area (Å²) in [5, 5.41) is 0. The molecule has 1 rings (SSSR count). The molecular formula is C13H24Si. The molecule has 1 heteroatoms. The molecule has 0 aliphatic heterocycles. The summed E-state index contributed by atoms with van der Waals surface area (Å²) in [6.07, 6.45) is 14.0. The molecule has 1 fully saturated rings. The van der Waals surface area contributed by atoms with Crippen molar-refractivity contribution >= 4 is 8.07 Å². The van der Waals surface area contributed by atoms with Crippen molar-refractivity contribution in [2.45, 2.75) is 57.8 Å². The normalized spacial score (nSPS) is 18.9. The summed E-state index contributed by atoms with van der Waals surface area (Å²) in [5.41, 5.74) is 1.67.